The highest BCUT2D eigenvalue weighted by Gasteiger charge is 2.72. The van der Waals surface area contributed by atoms with Gasteiger partial charge in [0.15, 0.2) is 5.60 Å². The molecular formula is C11H20O4. The molecule has 0 aromatic rings. The molecule has 0 aromatic heterocycles. The third-order valence-corrected chi connectivity index (χ3v) is 2.90. The minimum atomic E-state index is -0.780. The molecule has 0 saturated carbocycles. The second-order valence-electron chi connectivity index (χ2n) is 3.87. The Balaban J connectivity index is 2.62. The van der Waals surface area contributed by atoms with Crippen LogP contribution < -0.4 is 0 Å². The van der Waals surface area contributed by atoms with Gasteiger partial charge >= 0.3 is 5.97 Å². The topological polar surface area (TPSA) is 48.1 Å². The standard InChI is InChI=1S/C11H20O4/c1-5-11(9(12)14-7-3)10(4,15-11)8-13-6-2/h5-8H2,1-4H3. The summed E-state index contributed by atoms with van der Waals surface area (Å²) >= 11 is 0. The van der Waals surface area contributed by atoms with E-state index in [1.807, 2.05) is 20.8 Å². The van der Waals surface area contributed by atoms with Crippen LogP contribution in [-0.2, 0) is 19.0 Å². The molecule has 1 fully saturated rings. The minimum Gasteiger partial charge on any atom is -0.464 e. The summed E-state index contributed by atoms with van der Waals surface area (Å²) in [6.45, 7) is 8.98. The first kappa shape index (κ1) is 12.5. The second kappa shape index (κ2) is 4.49. The van der Waals surface area contributed by atoms with Crippen molar-refractivity contribution in [3.05, 3.63) is 0 Å². The van der Waals surface area contributed by atoms with Crippen LogP contribution in [0.2, 0.25) is 0 Å². The molecule has 0 aromatic carbocycles. The van der Waals surface area contributed by atoms with E-state index < -0.39 is 11.2 Å². The van der Waals surface area contributed by atoms with Crippen molar-refractivity contribution in [2.75, 3.05) is 19.8 Å². The Bertz CT molecular complexity index is 241. The highest BCUT2D eigenvalue weighted by Crippen LogP contribution is 2.51. The monoisotopic (exact) mass is 216 g/mol. The summed E-state index contributed by atoms with van der Waals surface area (Å²) in [7, 11) is 0. The van der Waals surface area contributed by atoms with Gasteiger partial charge in [0.2, 0.25) is 0 Å². The molecule has 0 radical (unpaired) electrons. The number of ether oxygens (including phenoxy) is 3. The molecule has 0 bridgehead atoms. The van der Waals surface area contributed by atoms with E-state index in [1.54, 1.807) is 6.92 Å². The lowest BCUT2D eigenvalue weighted by molar-refractivity contribution is -0.149. The van der Waals surface area contributed by atoms with E-state index in [-0.39, 0.29) is 5.97 Å². The average Bonchev–Trinajstić information content (AvgIpc) is 2.84. The number of hydrogen-bond donors (Lipinski definition) is 0. The maximum atomic E-state index is 11.7. The Morgan fingerprint density at radius 2 is 1.93 bits per heavy atom. The van der Waals surface area contributed by atoms with Gasteiger partial charge < -0.3 is 14.2 Å². The molecular weight excluding hydrogens is 196 g/mol. The smallest absolute Gasteiger partial charge is 0.341 e. The van der Waals surface area contributed by atoms with Gasteiger partial charge in [0, 0.05) is 6.61 Å². The van der Waals surface area contributed by atoms with Crippen molar-refractivity contribution in [1.82, 2.24) is 0 Å². The van der Waals surface area contributed by atoms with Gasteiger partial charge in [-0.2, -0.15) is 0 Å². The predicted octanol–water partition coefficient (Wildman–Crippen LogP) is 1.52. The van der Waals surface area contributed by atoms with Gasteiger partial charge in [0.25, 0.3) is 0 Å². The lowest BCUT2D eigenvalue weighted by Crippen LogP contribution is -2.36. The number of carbonyl (C=O) groups is 1. The molecule has 1 saturated heterocycles. The summed E-state index contributed by atoms with van der Waals surface area (Å²) in [6.07, 6.45) is 0.620. The van der Waals surface area contributed by atoms with Crippen LogP contribution in [0.3, 0.4) is 0 Å². The van der Waals surface area contributed by atoms with Gasteiger partial charge in [-0.05, 0) is 27.2 Å². The van der Waals surface area contributed by atoms with Crippen LogP contribution in [-0.4, -0.2) is 37.0 Å². The number of rotatable bonds is 6. The Kier molecular flexibility index (Phi) is 3.73. The second-order valence-corrected chi connectivity index (χ2v) is 3.87. The third kappa shape index (κ3) is 2.01. The largest absolute Gasteiger partial charge is 0.464 e. The van der Waals surface area contributed by atoms with E-state index >= 15 is 0 Å². The molecule has 15 heavy (non-hydrogen) atoms. The van der Waals surface area contributed by atoms with Gasteiger partial charge in [-0.25, -0.2) is 4.79 Å². The summed E-state index contributed by atoms with van der Waals surface area (Å²) < 4.78 is 15.9. The molecule has 2 unspecified atom stereocenters. The lowest BCUT2D eigenvalue weighted by Gasteiger charge is -2.13. The molecule has 0 aliphatic carbocycles. The highest BCUT2D eigenvalue weighted by molar-refractivity contribution is 5.84. The molecule has 0 spiro atoms. The molecule has 1 rings (SSSR count). The number of epoxide rings is 1. The van der Waals surface area contributed by atoms with Crippen molar-refractivity contribution in [3.63, 3.8) is 0 Å². The first-order valence-corrected chi connectivity index (χ1v) is 5.51. The molecule has 4 nitrogen and oxygen atoms in total. The molecule has 1 aliphatic rings. The van der Waals surface area contributed by atoms with Crippen molar-refractivity contribution >= 4 is 5.97 Å². The molecule has 0 N–H and O–H groups in total. The van der Waals surface area contributed by atoms with E-state index in [1.165, 1.54) is 0 Å². The number of carbonyl (C=O) groups excluding carboxylic acids is 1. The molecule has 4 heteroatoms. The van der Waals surface area contributed by atoms with Gasteiger partial charge in [-0.15, -0.1) is 0 Å². The summed E-state index contributed by atoms with van der Waals surface area (Å²) in [5.41, 5.74) is -1.29. The van der Waals surface area contributed by atoms with Crippen LogP contribution in [0.15, 0.2) is 0 Å². The first-order valence-electron chi connectivity index (χ1n) is 5.51. The Morgan fingerprint density at radius 3 is 2.40 bits per heavy atom. The summed E-state index contributed by atoms with van der Waals surface area (Å²) in [5, 5.41) is 0. The zero-order chi connectivity index (χ0) is 11.5. The van der Waals surface area contributed by atoms with E-state index in [4.69, 9.17) is 14.2 Å². The average molecular weight is 216 g/mol. The van der Waals surface area contributed by atoms with Crippen LogP contribution in [0.4, 0.5) is 0 Å². The first-order chi connectivity index (χ1) is 7.06. The molecule has 88 valence electrons. The maximum Gasteiger partial charge on any atom is 0.341 e. The third-order valence-electron chi connectivity index (χ3n) is 2.90. The van der Waals surface area contributed by atoms with Crippen LogP contribution in [0, 0.1) is 0 Å². The Hall–Kier alpha value is -0.610. The van der Waals surface area contributed by atoms with Crippen molar-refractivity contribution in [2.24, 2.45) is 0 Å². The van der Waals surface area contributed by atoms with Gasteiger partial charge in [-0.1, -0.05) is 6.92 Å². The van der Waals surface area contributed by atoms with Crippen molar-refractivity contribution in [2.45, 2.75) is 45.3 Å². The Labute approximate surface area is 90.9 Å². The zero-order valence-corrected chi connectivity index (χ0v) is 9.96. The van der Waals surface area contributed by atoms with Crippen molar-refractivity contribution < 1.29 is 19.0 Å². The van der Waals surface area contributed by atoms with Gasteiger partial charge in [-0.3, -0.25) is 0 Å². The molecule has 0 amide bonds. The summed E-state index contributed by atoms with van der Waals surface area (Å²) in [4.78, 5) is 11.7. The Morgan fingerprint density at radius 1 is 1.27 bits per heavy atom. The summed E-state index contributed by atoms with van der Waals surface area (Å²) in [5.74, 6) is -0.269. The van der Waals surface area contributed by atoms with E-state index in [0.717, 1.165) is 0 Å². The highest BCUT2D eigenvalue weighted by atomic mass is 16.7. The minimum absolute atomic E-state index is 0.269. The fraction of sp³-hybridized carbons (Fsp3) is 0.909. The van der Waals surface area contributed by atoms with E-state index in [2.05, 4.69) is 0 Å². The maximum absolute atomic E-state index is 11.7. The normalized spacial score (nSPS) is 33.9. The van der Waals surface area contributed by atoms with Crippen molar-refractivity contribution in [3.8, 4) is 0 Å². The van der Waals surface area contributed by atoms with Crippen LogP contribution in [0.25, 0.3) is 0 Å². The van der Waals surface area contributed by atoms with Crippen LogP contribution in [0.5, 0.6) is 0 Å². The fourth-order valence-electron chi connectivity index (χ4n) is 1.90. The molecule has 2 atom stereocenters. The van der Waals surface area contributed by atoms with E-state index in [0.29, 0.717) is 26.2 Å². The fourth-order valence-corrected chi connectivity index (χ4v) is 1.90. The van der Waals surface area contributed by atoms with Crippen LogP contribution >= 0.6 is 0 Å². The molecule has 1 heterocycles. The SMILES string of the molecule is CCOCC1(C)OC1(CC)C(=O)OCC. The van der Waals surface area contributed by atoms with E-state index in [9.17, 15) is 4.79 Å². The predicted molar refractivity (Wildman–Crippen MR) is 55.6 cm³/mol. The van der Waals surface area contributed by atoms with Crippen molar-refractivity contribution in [1.29, 1.82) is 0 Å². The lowest BCUT2D eigenvalue weighted by atomic mass is 9.92. The zero-order valence-electron chi connectivity index (χ0n) is 9.96. The quantitative estimate of drug-likeness (QED) is 0.499. The van der Waals surface area contributed by atoms with Crippen LogP contribution in [0.1, 0.15) is 34.1 Å². The number of esters is 1. The van der Waals surface area contributed by atoms with Gasteiger partial charge in [0.05, 0.1) is 13.2 Å². The van der Waals surface area contributed by atoms with Gasteiger partial charge in [0.1, 0.15) is 5.60 Å². The summed E-state index contributed by atoms with van der Waals surface area (Å²) in [6, 6.07) is 0. The molecule has 1 aliphatic heterocycles. The number of hydrogen-bond acceptors (Lipinski definition) is 4.